The molecule has 0 unspecified atom stereocenters. The van der Waals surface area contributed by atoms with E-state index in [0.29, 0.717) is 0 Å². The quantitative estimate of drug-likeness (QED) is 0.481. The predicted molar refractivity (Wildman–Crippen MR) is 59.5 cm³/mol. The second kappa shape index (κ2) is 5.84. The maximum absolute atomic E-state index is 11.1. The molecule has 76 valence electrons. The van der Waals surface area contributed by atoms with Crippen LogP contribution in [-0.4, -0.2) is 11.7 Å². The number of halogens is 1. The van der Waals surface area contributed by atoms with Crippen molar-refractivity contribution in [3.05, 3.63) is 42.1 Å². The van der Waals surface area contributed by atoms with Gasteiger partial charge in [-0.25, -0.2) is 0 Å². The van der Waals surface area contributed by atoms with Gasteiger partial charge in [0.1, 0.15) is 11.6 Å². The minimum atomic E-state index is -0.386. The largest absolute Gasteiger partial charge is 0.360 e. The highest BCUT2D eigenvalue weighted by molar-refractivity contribution is 6.31. The van der Waals surface area contributed by atoms with Gasteiger partial charge in [-0.05, 0) is 12.1 Å². The molecule has 0 atom stereocenters. The van der Waals surface area contributed by atoms with Crippen molar-refractivity contribution in [2.24, 2.45) is 0 Å². The molecule has 0 bridgehead atoms. The molecule has 0 saturated carbocycles. The Hall–Kier alpha value is -1.79. The molecule has 0 saturated heterocycles. The van der Waals surface area contributed by atoms with Crippen molar-refractivity contribution in [3.8, 4) is 6.07 Å². The van der Waals surface area contributed by atoms with E-state index >= 15 is 0 Å². The Balaban J connectivity index is 2.72. The van der Waals surface area contributed by atoms with E-state index in [1.54, 1.807) is 6.07 Å². The first kappa shape index (κ1) is 11.3. The number of nitriles is 1. The van der Waals surface area contributed by atoms with Crippen molar-refractivity contribution < 1.29 is 4.79 Å². The van der Waals surface area contributed by atoms with Gasteiger partial charge in [0, 0.05) is 11.9 Å². The van der Waals surface area contributed by atoms with Gasteiger partial charge in [-0.3, -0.25) is 4.79 Å². The average molecular weight is 221 g/mol. The highest BCUT2D eigenvalue weighted by Gasteiger charge is 2.05. The fraction of sp³-hybridized carbons (Fsp3) is 0.0909. The van der Waals surface area contributed by atoms with Gasteiger partial charge in [0.05, 0.1) is 5.88 Å². The van der Waals surface area contributed by atoms with Crippen LogP contribution in [0.2, 0.25) is 0 Å². The Kier molecular flexibility index (Phi) is 4.39. The number of benzene rings is 1. The van der Waals surface area contributed by atoms with Gasteiger partial charge in [0.2, 0.25) is 0 Å². The standard InChI is InChI=1S/C11H9ClN2O/c12-6-11(15)9(7-13)8-14-10-4-2-1-3-5-10/h1-5,8,14H,6H2/b9-8-. The number of alkyl halides is 1. The smallest absolute Gasteiger partial charge is 0.189 e. The Bertz CT molecular complexity index is 406. The number of rotatable bonds is 4. The summed E-state index contributed by atoms with van der Waals surface area (Å²) in [6.07, 6.45) is 1.36. The van der Waals surface area contributed by atoms with E-state index in [9.17, 15) is 4.79 Å². The number of anilines is 1. The van der Waals surface area contributed by atoms with Crippen LogP contribution in [0.15, 0.2) is 42.1 Å². The minimum absolute atomic E-state index is 0.0221. The molecule has 0 aliphatic rings. The van der Waals surface area contributed by atoms with Crippen LogP contribution in [0.1, 0.15) is 0 Å². The first-order valence-electron chi connectivity index (χ1n) is 4.29. The lowest BCUT2D eigenvalue weighted by Crippen LogP contribution is -2.04. The summed E-state index contributed by atoms with van der Waals surface area (Å²) in [5.41, 5.74) is 0.835. The van der Waals surface area contributed by atoms with Crippen LogP contribution < -0.4 is 5.32 Å². The fourth-order valence-corrected chi connectivity index (χ4v) is 1.08. The molecule has 0 radical (unpaired) electrons. The third-order valence-corrected chi connectivity index (χ3v) is 1.94. The molecule has 15 heavy (non-hydrogen) atoms. The molecule has 1 aromatic carbocycles. The molecule has 1 N–H and O–H groups in total. The maximum Gasteiger partial charge on any atom is 0.189 e. The highest BCUT2D eigenvalue weighted by Crippen LogP contribution is 2.06. The van der Waals surface area contributed by atoms with Crippen molar-refractivity contribution in [2.45, 2.75) is 0 Å². The zero-order valence-electron chi connectivity index (χ0n) is 7.90. The number of carbonyl (C=O) groups excluding carboxylic acids is 1. The van der Waals surface area contributed by atoms with E-state index < -0.39 is 0 Å². The number of ketones is 1. The zero-order chi connectivity index (χ0) is 11.1. The molecular formula is C11H9ClN2O. The van der Waals surface area contributed by atoms with Crippen LogP contribution in [0.3, 0.4) is 0 Å². The second-order valence-corrected chi connectivity index (χ2v) is 3.00. The number of hydrogen-bond acceptors (Lipinski definition) is 3. The molecule has 0 heterocycles. The van der Waals surface area contributed by atoms with E-state index in [1.807, 2.05) is 30.3 Å². The zero-order valence-corrected chi connectivity index (χ0v) is 8.66. The Morgan fingerprint density at radius 2 is 2.13 bits per heavy atom. The summed E-state index contributed by atoms with van der Waals surface area (Å²) in [7, 11) is 0. The molecule has 0 spiro atoms. The van der Waals surface area contributed by atoms with Gasteiger partial charge in [-0.2, -0.15) is 5.26 Å². The van der Waals surface area contributed by atoms with Crippen LogP contribution in [-0.2, 0) is 4.79 Å². The van der Waals surface area contributed by atoms with Gasteiger partial charge < -0.3 is 5.32 Å². The van der Waals surface area contributed by atoms with Gasteiger partial charge in [0.15, 0.2) is 5.78 Å². The van der Waals surface area contributed by atoms with Crippen molar-refractivity contribution in [1.82, 2.24) is 0 Å². The normalized spacial score (nSPS) is 10.5. The van der Waals surface area contributed by atoms with Gasteiger partial charge in [0.25, 0.3) is 0 Å². The summed E-state index contributed by atoms with van der Waals surface area (Å²) >= 11 is 5.34. The molecule has 3 nitrogen and oxygen atoms in total. The fourth-order valence-electron chi connectivity index (χ4n) is 0.937. The summed E-state index contributed by atoms with van der Waals surface area (Å²) in [6.45, 7) is 0. The number of hydrogen-bond donors (Lipinski definition) is 1. The summed E-state index contributed by atoms with van der Waals surface area (Å²) in [6, 6.07) is 11.0. The second-order valence-electron chi connectivity index (χ2n) is 2.74. The predicted octanol–water partition coefficient (Wildman–Crippen LogP) is 2.31. The lowest BCUT2D eigenvalue weighted by molar-refractivity contribution is -0.113. The van der Waals surface area contributed by atoms with Gasteiger partial charge in [-0.15, -0.1) is 11.6 Å². The van der Waals surface area contributed by atoms with Crippen molar-refractivity contribution in [3.63, 3.8) is 0 Å². The molecule has 0 fully saturated rings. The summed E-state index contributed by atoms with van der Waals surface area (Å²) < 4.78 is 0. The van der Waals surface area contributed by atoms with E-state index in [4.69, 9.17) is 16.9 Å². The Labute approximate surface area is 93.0 Å². The number of Topliss-reactive ketones (excluding diaryl/α,β-unsaturated/α-hetero) is 1. The van der Waals surface area contributed by atoms with Crippen LogP contribution in [0.25, 0.3) is 0 Å². The molecule has 0 aliphatic heterocycles. The molecule has 0 aromatic heterocycles. The van der Waals surface area contributed by atoms with E-state index in [0.717, 1.165) is 5.69 Å². The monoisotopic (exact) mass is 220 g/mol. The minimum Gasteiger partial charge on any atom is -0.360 e. The van der Waals surface area contributed by atoms with E-state index in [2.05, 4.69) is 5.32 Å². The summed E-state index contributed by atoms with van der Waals surface area (Å²) in [4.78, 5) is 11.1. The molecule has 1 aromatic rings. The lowest BCUT2D eigenvalue weighted by Gasteiger charge is -1.99. The third-order valence-electron chi connectivity index (χ3n) is 1.70. The molecular weight excluding hydrogens is 212 g/mol. The summed E-state index contributed by atoms with van der Waals surface area (Å²) in [5.74, 6) is -0.571. The Morgan fingerprint density at radius 3 is 2.67 bits per heavy atom. The lowest BCUT2D eigenvalue weighted by atomic mass is 10.2. The van der Waals surface area contributed by atoms with Crippen molar-refractivity contribution in [2.75, 3.05) is 11.2 Å². The number of nitrogens with zero attached hydrogens (tertiary/aromatic N) is 1. The van der Waals surface area contributed by atoms with E-state index in [-0.39, 0.29) is 17.2 Å². The molecule has 4 heteroatoms. The van der Waals surface area contributed by atoms with Crippen LogP contribution in [0.5, 0.6) is 0 Å². The third kappa shape index (κ3) is 3.45. The maximum atomic E-state index is 11.1. The van der Waals surface area contributed by atoms with Gasteiger partial charge >= 0.3 is 0 Å². The molecule has 0 amide bonds. The molecule has 0 aliphatic carbocycles. The average Bonchev–Trinajstić information content (AvgIpc) is 2.31. The van der Waals surface area contributed by atoms with Crippen molar-refractivity contribution in [1.29, 1.82) is 5.26 Å². The summed E-state index contributed by atoms with van der Waals surface area (Å²) in [5, 5.41) is 11.5. The van der Waals surface area contributed by atoms with E-state index in [1.165, 1.54) is 6.20 Å². The number of nitrogens with one attached hydrogen (secondary N) is 1. The topological polar surface area (TPSA) is 52.9 Å². The Morgan fingerprint density at radius 1 is 1.47 bits per heavy atom. The SMILES string of the molecule is N#C/C(=C/Nc1ccccc1)C(=O)CCl. The van der Waals surface area contributed by atoms with Crippen molar-refractivity contribution >= 4 is 23.1 Å². The number of para-hydroxylation sites is 1. The first-order valence-corrected chi connectivity index (χ1v) is 4.82. The number of allylic oxidation sites excluding steroid dienone is 1. The first-order chi connectivity index (χ1) is 7.27. The van der Waals surface area contributed by atoms with Gasteiger partial charge in [-0.1, -0.05) is 18.2 Å². The highest BCUT2D eigenvalue weighted by atomic mass is 35.5. The van der Waals surface area contributed by atoms with Crippen LogP contribution >= 0.6 is 11.6 Å². The van der Waals surface area contributed by atoms with Crippen LogP contribution in [0, 0.1) is 11.3 Å². The molecule has 1 rings (SSSR count). The van der Waals surface area contributed by atoms with Crippen LogP contribution in [0.4, 0.5) is 5.69 Å². The number of carbonyl (C=O) groups is 1.